The fraction of sp³-hybridized carbons (Fsp3) is 0.500. The Balaban J connectivity index is 2.32. The van der Waals surface area contributed by atoms with Gasteiger partial charge in [0.25, 0.3) is 0 Å². The molecule has 0 aromatic heterocycles. The van der Waals surface area contributed by atoms with Gasteiger partial charge in [0.2, 0.25) is 0 Å². The molecule has 1 fully saturated rings. The second-order valence-corrected chi connectivity index (χ2v) is 6.04. The molecule has 0 heterocycles. The van der Waals surface area contributed by atoms with Crippen LogP contribution < -0.4 is 0 Å². The quantitative estimate of drug-likeness (QED) is 0.612. The molecule has 1 aliphatic carbocycles. The zero-order chi connectivity index (χ0) is 14.5. The number of rotatable bonds is 4. The normalized spacial score (nSPS) is 18.1. The third-order valence-corrected chi connectivity index (χ3v) is 4.50. The SMILES string of the molecule is COC(=O)C(C(C)=NC1CCCC1)c1ccccc1Br. The van der Waals surface area contributed by atoms with Crippen LogP contribution in [0.4, 0.5) is 0 Å². The highest BCUT2D eigenvalue weighted by Gasteiger charge is 2.27. The topological polar surface area (TPSA) is 38.7 Å². The van der Waals surface area contributed by atoms with E-state index in [0.717, 1.165) is 28.6 Å². The first-order valence-corrected chi connectivity index (χ1v) is 7.79. The molecule has 0 spiro atoms. The summed E-state index contributed by atoms with van der Waals surface area (Å²) in [7, 11) is 1.43. The van der Waals surface area contributed by atoms with E-state index in [1.54, 1.807) is 0 Å². The molecular weight excluding hydrogens is 318 g/mol. The van der Waals surface area contributed by atoms with Crippen LogP contribution in [-0.2, 0) is 9.53 Å². The summed E-state index contributed by atoms with van der Waals surface area (Å²) in [5.41, 5.74) is 1.76. The number of hydrogen-bond acceptors (Lipinski definition) is 3. The van der Waals surface area contributed by atoms with Crippen LogP contribution in [0.5, 0.6) is 0 Å². The number of nitrogens with zero attached hydrogens (tertiary/aromatic N) is 1. The molecule has 3 nitrogen and oxygen atoms in total. The molecule has 4 heteroatoms. The lowest BCUT2D eigenvalue weighted by molar-refractivity contribution is -0.140. The number of esters is 1. The zero-order valence-corrected chi connectivity index (χ0v) is 13.5. The molecule has 0 aliphatic heterocycles. The van der Waals surface area contributed by atoms with Crippen molar-refractivity contribution in [3.05, 3.63) is 34.3 Å². The van der Waals surface area contributed by atoms with Gasteiger partial charge in [-0.2, -0.15) is 0 Å². The lowest BCUT2D eigenvalue weighted by atomic mass is 9.94. The van der Waals surface area contributed by atoms with Crippen molar-refractivity contribution in [3.63, 3.8) is 0 Å². The Morgan fingerprint density at radius 3 is 2.60 bits per heavy atom. The molecule has 20 heavy (non-hydrogen) atoms. The van der Waals surface area contributed by atoms with Crippen molar-refractivity contribution in [2.45, 2.75) is 44.6 Å². The van der Waals surface area contributed by atoms with Gasteiger partial charge in [-0.15, -0.1) is 0 Å². The van der Waals surface area contributed by atoms with Gasteiger partial charge in [0.05, 0.1) is 7.11 Å². The number of halogens is 1. The van der Waals surface area contributed by atoms with E-state index in [1.165, 1.54) is 20.0 Å². The molecule has 0 N–H and O–H groups in total. The highest BCUT2D eigenvalue weighted by molar-refractivity contribution is 9.10. The van der Waals surface area contributed by atoms with E-state index in [9.17, 15) is 4.79 Å². The Hall–Kier alpha value is -1.16. The van der Waals surface area contributed by atoms with Gasteiger partial charge in [-0.1, -0.05) is 47.0 Å². The van der Waals surface area contributed by atoms with Crippen LogP contribution in [0.2, 0.25) is 0 Å². The van der Waals surface area contributed by atoms with Gasteiger partial charge in [0.1, 0.15) is 5.92 Å². The Kier molecular flexibility index (Phi) is 5.35. The van der Waals surface area contributed by atoms with Gasteiger partial charge in [-0.3, -0.25) is 9.79 Å². The molecule has 1 aliphatic rings. The third kappa shape index (κ3) is 3.48. The highest BCUT2D eigenvalue weighted by atomic mass is 79.9. The van der Waals surface area contributed by atoms with E-state index in [2.05, 4.69) is 15.9 Å². The molecule has 1 saturated carbocycles. The van der Waals surface area contributed by atoms with E-state index < -0.39 is 5.92 Å². The molecule has 0 saturated heterocycles. The number of aliphatic imine (C=N–C) groups is 1. The fourth-order valence-corrected chi connectivity index (χ4v) is 3.26. The molecule has 108 valence electrons. The first-order valence-electron chi connectivity index (χ1n) is 7.00. The molecule has 1 atom stereocenters. The number of ether oxygens (including phenoxy) is 1. The maximum Gasteiger partial charge on any atom is 0.318 e. The highest BCUT2D eigenvalue weighted by Crippen LogP contribution is 2.29. The largest absolute Gasteiger partial charge is 0.468 e. The van der Waals surface area contributed by atoms with E-state index in [0.29, 0.717) is 6.04 Å². The van der Waals surface area contributed by atoms with Gasteiger partial charge in [0.15, 0.2) is 0 Å². The minimum atomic E-state index is -0.420. The fourth-order valence-electron chi connectivity index (χ4n) is 2.75. The molecule has 0 bridgehead atoms. The zero-order valence-electron chi connectivity index (χ0n) is 11.9. The molecule has 1 aromatic rings. The van der Waals surface area contributed by atoms with Crippen molar-refractivity contribution < 1.29 is 9.53 Å². The van der Waals surface area contributed by atoms with E-state index in [-0.39, 0.29) is 5.97 Å². The van der Waals surface area contributed by atoms with Crippen LogP contribution in [0, 0.1) is 0 Å². The summed E-state index contributed by atoms with van der Waals surface area (Å²) in [6, 6.07) is 8.11. The lowest BCUT2D eigenvalue weighted by Gasteiger charge is -2.18. The number of benzene rings is 1. The summed E-state index contributed by atoms with van der Waals surface area (Å²) in [5.74, 6) is -0.674. The van der Waals surface area contributed by atoms with Gasteiger partial charge in [-0.05, 0) is 31.4 Å². The van der Waals surface area contributed by atoms with Crippen molar-refractivity contribution in [2.24, 2.45) is 4.99 Å². The molecule has 2 rings (SSSR count). The van der Waals surface area contributed by atoms with Crippen LogP contribution in [0.25, 0.3) is 0 Å². The van der Waals surface area contributed by atoms with Gasteiger partial charge < -0.3 is 4.74 Å². The van der Waals surface area contributed by atoms with Gasteiger partial charge >= 0.3 is 5.97 Å². The summed E-state index contributed by atoms with van der Waals surface area (Å²) in [4.78, 5) is 16.9. The first kappa shape index (κ1) is 15.2. The van der Waals surface area contributed by atoms with Crippen molar-refractivity contribution in [2.75, 3.05) is 7.11 Å². The predicted octanol–water partition coefficient (Wildman–Crippen LogP) is 4.11. The second-order valence-electron chi connectivity index (χ2n) is 5.19. The average molecular weight is 338 g/mol. The average Bonchev–Trinajstić information content (AvgIpc) is 2.93. The Morgan fingerprint density at radius 2 is 2.00 bits per heavy atom. The Bertz CT molecular complexity index is 507. The first-order chi connectivity index (χ1) is 9.63. The molecule has 0 amide bonds. The monoisotopic (exact) mass is 337 g/mol. The van der Waals surface area contributed by atoms with Crippen molar-refractivity contribution in [1.29, 1.82) is 0 Å². The molecule has 0 radical (unpaired) electrons. The summed E-state index contributed by atoms with van der Waals surface area (Å²) in [5, 5.41) is 0. The maximum atomic E-state index is 12.2. The third-order valence-electron chi connectivity index (χ3n) is 3.78. The minimum Gasteiger partial charge on any atom is -0.468 e. The van der Waals surface area contributed by atoms with E-state index in [1.807, 2.05) is 31.2 Å². The van der Waals surface area contributed by atoms with Crippen LogP contribution >= 0.6 is 15.9 Å². The predicted molar refractivity (Wildman–Crippen MR) is 84.3 cm³/mol. The van der Waals surface area contributed by atoms with Crippen LogP contribution in [0.15, 0.2) is 33.7 Å². The second kappa shape index (κ2) is 7.02. The van der Waals surface area contributed by atoms with Gasteiger partial charge in [0, 0.05) is 16.2 Å². The van der Waals surface area contributed by atoms with Crippen LogP contribution in [-0.4, -0.2) is 24.8 Å². The smallest absolute Gasteiger partial charge is 0.318 e. The molecule has 1 unspecified atom stereocenters. The van der Waals surface area contributed by atoms with Crippen molar-refractivity contribution >= 4 is 27.6 Å². The summed E-state index contributed by atoms with van der Waals surface area (Å²) >= 11 is 3.51. The molecular formula is C16H20BrNO2. The summed E-state index contributed by atoms with van der Waals surface area (Å²) < 4.78 is 5.88. The van der Waals surface area contributed by atoms with E-state index in [4.69, 9.17) is 9.73 Å². The number of hydrogen-bond donors (Lipinski definition) is 0. The summed E-state index contributed by atoms with van der Waals surface area (Å²) in [6.07, 6.45) is 4.72. The Morgan fingerprint density at radius 1 is 1.35 bits per heavy atom. The maximum absolute atomic E-state index is 12.2. The standard InChI is InChI=1S/C16H20BrNO2/c1-11(18-12-7-3-4-8-12)15(16(19)20-2)13-9-5-6-10-14(13)17/h5-6,9-10,12,15H,3-4,7-8H2,1-2H3. The number of methoxy groups -OCH3 is 1. The minimum absolute atomic E-state index is 0.254. The van der Waals surface area contributed by atoms with Crippen LogP contribution in [0.1, 0.15) is 44.1 Å². The van der Waals surface area contributed by atoms with Crippen LogP contribution in [0.3, 0.4) is 0 Å². The van der Waals surface area contributed by atoms with E-state index >= 15 is 0 Å². The van der Waals surface area contributed by atoms with Crippen molar-refractivity contribution in [1.82, 2.24) is 0 Å². The van der Waals surface area contributed by atoms with Gasteiger partial charge in [-0.25, -0.2) is 0 Å². The van der Waals surface area contributed by atoms with Crippen molar-refractivity contribution in [3.8, 4) is 0 Å². The Labute approximate surface area is 128 Å². The molecule has 1 aromatic carbocycles. The lowest BCUT2D eigenvalue weighted by Crippen LogP contribution is -2.23. The summed E-state index contributed by atoms with van der Waals surface area (Å²) in [6.45, 7) is 1.93. The number of carbonyl (C=O) groups is 1. The number of carbonyl (C=O) groups excluding carboxylic acids is 1.